The van der Waals surface area contributed by atoms with Crippen LogP contribution >= 0.6 is 0 Å². The summed E-state index contributed by atoms with van der Waals surface area (Å²) in [7, 11) is 0. The van der Waals surface area contributed by atoms with Gasteiger partial charge in [-0.1, -0.05) is 55.5 Å². The monoisotopic (exact) mass is 390 g/mol. The van der Waals surface area contributed by atoms with Gasteiger partial charge in [-0.05, 0) is 49.1 Å². The number of benzene rings is 2. The Morgan fingerprint density at radius 3 is 2.41 bits per heavy atom. The van der Waals surface area contributed by atoms with E-state index >= 15 is 0 Å². The second-order valence-corrected chi connectivity index (χ2v) is 7.28. The van der Waals surface area contributed by atoms with E-state index in [0.29, 0.717) is 12.1 Å². The molecule has 5 nitrogen and oxygen atoms in total. The molecule has 0 unspecified atom stereocenters. The number of aromatic carboxylic acids is 1. The van der Waals surface area contributed by atoms with E-state index in [0.717, 1.165) is 23.2 Å². The Morgan fingerprint density at radius 1 is 1.10 bits per heavy atom. The molecule has 1 heterocycles. The van der Waals surface area contributed by atoms with Crippen LogP contribution < -0.4 is 5.69 Å². The minimum absolute atomic E-state index is 0.0314. The van der Waals surface area contributed by atoms with Gasteiger partial charge in [-0.25, -0.2) is 9.59 Å². The maximum Gasteiger partial charge on any atom is 0.336 e. The van der Waals surface area contributed by atoms with E-state index in [1.54, 1.807) is 27.3 Å². The lowest BCUT2D eigenvalue weighted by molar-refractivity contribution is 0.0697. The van der Waals surface area contributed by atoms with Crippen molar-refractivity contribution in [3.05, 3.63) is 88.1 Å². The zero-order chi connectivity index (χ0) is 21.0. The van der Waals surface area contributed by atoms with Crippen LogP contribution in [0, 0.1) is 0 Å². The molecule has 1 N–H and O–H groups in total. The maximum absolute atomic E-state index is 12.8. The highest BCUT2D eigenvalue weighted by atomic mass is 16.4. The average molecular weight is 390 g/mol. The molecule has 3 aromatic rings. The number of nitrogens with zero attached hydrogens (tertiary/aromatic N) is 2. The van der Waals surface area contributed by atoms with Gasteiger partial charge in [-0.2, -0.15) is 0 Å². The molecule has 0 spiro atoms. The minimum atomic E-state index is -0.946. The lowest BCUT2D eigenvalue weighted by Crippen LogP contribution is -2.26. The molecule has 150 valence electrons. The summed E-state index contributed by atoms with van der Waals surface area (Å²) in [5.41, 5.74) is 3.63. The van der Waals surface area contributed by atoms with Crippen molar-refractivity contribution in [1.82, 2.24) is 9.13 Å². The van der Waals surface area contributed by atoms with Gasteiger partial charge in [-0.15, -0.1) is 0 Å². The van der Waals surface area contributed by atoms with Crippen LogP contribution in [-0.2, 0) is 6.54 Å². The Morgan fingerprint density at radius 2 is 1.79 bits per heavy atom. The molecule has 2 aromatic carbocycles. The van der Waals surface area contributed by atoms with E-state index in [-0.39, 0.29) is 17.3 Å². The second-order valence-electron chi connectivity index (χ2n) is 7.28. The van der Waals surface area contributed by atoms with Gasteiger partial charge in [0.05, 0.1) is 17.8 Å². The number of hydrogen-bond donors (Lipinski definition) is 1. The van der Waals surface area contributed by atoms with Gasteiger partial charge in [0.1, 0.15) is 0 Å². The van der Waals surface area contributed by atoms with Gasteiger partial charge in [0.2, 0.25) is 0 Å². The number of imidazole rings is 1. The smallest absolute Gasteiger partial charge is 0.336 e. The van der Waals surface area contributed by atoms with Crippen molar-refractivity contribution < 1.29 is 9.90 Å². The number of hydrogen-bond acceptors (Lipinski definition) is 2. The van der Waals surface area contributed by atoms with Crippen molar-refractivity contribution in [2.24, 2.45) is 0 Å². The van der Waals surface area contributed by atoms with Crippen molar-refractivity contribution >= 4 is 12.0 Å². The molecular formula is C24H26N2O3. The van der Waals surface area contributed by atoms with E-state index in [1.165, 1.54) is 0 Å². The van der Waals surface area contributed by atoms with Gasteiger partial charge in [0.15, 0.2) is 0 Å². The molecule has 0 aliphatic rings. The number of allylic oxidation sites excluding steroid dienone is 1. The summed E-state index contributed by atoms with van der Waals surface area (Å²) in [6.45, 7) is 6.51. The van der Waals surface area contributed by atoms with Gasteiger partial charge in [0, 0.05) is 12.2 Å². The second kappa shape index (κ2) is 8.78. The Balaban J connectivity index is 1.94. The van der Waals surface area contributed by atoms with Crippen LogP contribution in [0.25, 0.3) is 17.2 Å². The molecule has 0 radical (unpaired) electrons. The van der Waals surface area contributed by atoms with Crippen LogP contribution in [0.1, 0.15) is 54.8 Å². The van der Waals surface area contributed by atoms with E-state index in [1.807, 2.05) is 62.5 Å². The zero-order valence-corrected chi connectivity index (χ0v) is 17.0. The first-order chi connectivity index (χ1) is 13.9. The summed E-state index contributed by atoms with van der Waals surface area (Å²) in [5.74, 6) is -0.946. The molecule has 29 heavy (non-hydrogen) atoms. The summed E-state index contributed by atoms with van der Waals surface area (Å²) in [6.07, 6.45) is 6.83. The van der Waals surface area contributed by atoms with Crippen molar-refractivity contribution in [2.75, 3.05) is 0 Å². The van der Waals surface area contributed by atoms with E-state index < -0.39 is 5.97 Å². The Kier molecular flexibility index (Phi) is 6.17. The van der Waals surface area contributed by atoms with Gasteiger partial charge in [-0.3, -0.25) is 9.13 Å². The number of carbonyl (C=O) groups is 1. The van der Waals surface area contributed by atoms with Crippen molar-refractivity contribution in [1.29, 1.82) is 0 Å². The van der Waals surface area contributed by atoms with Crippen molar-refractivity contribution in [3.8, 4) is 11.1 Å². The Hall–Kier alpha value is -3.34. The number of aromatic nitrogens is 2. The highest BCUT2D eigenvalue weighted by Crippen LogP contribution is 2.24. The summed E-state index contributed by atoms with van der Waals surface area (Å²) in [5, 5.41) is 9.41. The first kappa shape index (κ1) is 20.4. The fraction of sp³-hybridized carbons (Fsp3) is 0.250. The molecule has 0 fully saturated rings. The normalized spacial score (nSPS) is 11.4. The van der Waals surface area contributed by atoms with Crippen molar-refractivity contribution in [2.45, 2.75) is 39.8 Å². The first-order valence-corrected chi connectivity index (χ1v) is 9.82. The third kappa shape index (κ3) is 4.40. The number of carboxylic acid groups (broad SMARTS) is 1. The predicted octanol–water partition coefficient (Wildman–Crippen LogP) is 5.07. The average Bonchev–Trinajstić information content (AvgIpc) is 3.02. The summed E-state index contributed by atoms with van der Waals surface area (Å²) < 4.78 is 3.51. The minimum Gasteiger partial charge on any atom is -0.478 e. The molecule has 0 saturated carbocycles. The standard InChI is InChI=1S/C24H26N2O3/c1-4-5-8-20-16-25(17(2)3)24(29)26(20)15-18-11-13-19(14-12-18)21-9-6-7-10-22(21)23(27)28/h5-14,16-17H,4,15H2,1-3H3,(H,27,28). The largest absolute Gasteiger partial charge is 0.478 e. The van der Waals surface area contributed by atoms with Crippen molar-refractivity contribution in [3.63, 3.8) is 0 Å². The summed E-state index contributed by atoms with van der Waals surface area (Å²) in [6, 6.07) is 14.8. The predicted molar refractivity (Wildman–Crippen MR) is 116 cm³/mol. The van der Waals surface area contributed by atoms with Gasteiger partial charge >= 0.3 is 11.7 Å². The summed E-state index contributed by atoms with van der Waals surface area (Å²) >= 11 is 0. The van der Waals surface area contributed by atoms with E-state index in [9.17, 15) is 14.7 Å². The molecule has 0 amide bonds. The van der Waals surface area contributed by atoms with Crippen LogP contribution in [0.3, 0.4) is 0 Å². The number of carboxylic acids is 1. The molecule has 0 atom stereocenters. The molecule has 5 heteroatoms. The first-order valence-electron chi connectivity index (χ1n) is 9.82. The van der Waals surface area contributed by atoms with Crippen LogP contribution in [0.15, 0.2) is 65.6 Å². The molecule has 0 aliphatic carbocycles. The van der Waals surface area contributed by atoms with Crippen LogP contribution in [-0.4, -0.2) is 20.2 Å². The SMILES string of the molecule is CCC=Cc1cn(C(C)C)c(=O)n1Cc1ccc(-c2ccccc2C(=O)O)cc1. The van der Waals surface area contributed by atoms with Crippen LogP contribution in [0.5, 0.6) is 0 Å². The van der Waals surface area contributed by atoms with Crippen LogP contribution in [0.4, 0.5) is 0 Å². The molecular weight excluding hydrogens is 364 g/mol. The lowest BCUT2D eigenvalue weighted by Gasteiger charge is -2.09. The summed E-state index contributed by atoms with van der Waals surface area (Å²) in [4.78, 5) is 24.3. The topological polar surface area (TPSA) is 64.2 Å². The van der Waals surface area contributed by atoms with E-state index in [2.05, 4.69) is 6.92 Å². The van der Waals surface area contributed by atoms with Gasteiger partial charge in [0.25, 0.3) is 0 Å². The van der Waals surface area contributed by atoms with Gasteiger partial charge < -0.3 is 5.11 Å². The fourth-order valence-electron chi connectivity index (χ4n) is 3.31. The fourth-order valence-corrected chi connectivity index (χ4v) is 3.31. The Bertz CT molecular complexity index is 1090. The molecule has 3 rings (SSSR count). The molecule has 0 saturated heterocycles. The van der Waals surface area contributed by atoms with Crippen LogP contribution in [0.2, 0.25) is 0 Å². The molecule has 1 aromatic heterocycles. The third-order valence-corrected chi connectivity index (χ3v) is 4.88. The number of rotatable bonds is 7. The lowest BCUT2D eigenvalue weighted by atomic mass is 9.99. The van der Waals surface area contributed by atoms with E-state index in [4.69, 9.17) is 0 Å². The Labute approximate surface area is 170 Å². The zero-order valence-electron chi connectivity index (χ0n) is 17.0. The quantitative estimate of drug-likeness (QED) is 0.613. The third-order valence-electron chi connectivity index (χ3n) is 4.88. The highest BCUT2D eigenvalue weighted by molar-refractivity contribution is 5.95. The maximum atomic E-state index is 12.8. The molecule has 0 aliphatic heterocycles. The highest BCUT2D eigenvalue weighted by Gasteiger charge is 2.13. The molecule has 0 bridgehead atoms.